The van der Waals surface area contributed by atoms with Gasteiger partial charge in [0.2, 0.25) is 0 Å². The molecule has 28 heavy (non-hydrogen) atoms. The van der Waals surface area contributed by atoms with Gasteiger partial charge in [0.25, 0.3) is 11.6 Å². The molecule has 144 valence electrons. The van der Waals surface area contributed by atoms with Crippen LogP contribution in [-0.4, -0.2) is 28.0 Å². The quantitative estimate of drug-likeness (QED) is 0.371. The predicted molar refractivity (Wildman–Crippen MR) is 104 cm³/mol. The molecule has 8 nitrogen and oxygen atoms in total. The van der Waals surface area contributed by atoms with Crippen molar-refractivity contribution in [2.75, 3.05) is 6.61 Å². The highest BCUT2D eigenvalue weighted by molar-refractivity contribution is 7.16. The third-order valence-corrected chi connectivity index (χ3v) is 5.08. The number of ether oxygens (including phenoxy) is 1. The van der Waals surface area contributed by atoms with Gasteiger partial charge in [0, 0.05) is 12.6 Å². The van der Waals surface area contributed by atoms with Crippen molar-refractivity contribution in [3.63, 3.8) is 0 Å². The number of aromatic nitrogens is 1. The molecule has 0 saturated heterocycles. The van der Waals surface area contributed by atoms with Gasteiger partial charge in [-0.1, -0.05) is 23.5 Å². The zero-order valence-corrected chi connectivity index (χ0v) is 16.1. The Morgan fingerprint density at radius 2 is 1.96 bits per heavy atom. The number of nitro groups is 1. The molecule has 0 fully saturated rings. The van der Waals surface area contributed by atoms with Crippen LogP contribution in [0.3, 0.4) is 0 Å². The monoisotopic (exact) mass is 399 g/mol. The number of fused-ring (bicyclic) bond motifs is 1. The molecule has 1 heterocycles. The fourth-order valence-corrected chi connectivity index (χ4v) is 3.90. The average molecular weight is 399 g/mol. The Morgan fingerprint density at radius 1 is 1.21 bits per heavy atom. The Morgan fingerprint density at radius 3 is 2.64 bits per heavy atom. The van der Waals surface area contributed by atoms with E-state index in [4.69, 9.17) is 4.74 Å². The maximum atomic E-state index is 12.6. The van der Waals surface area contributed by atoms with Crippen molar-refractivity contribution in [1.29, 1.82) is 0 Å². The molecule has 0 aliphatic rings. The van der Waals surface area contributed by atoms with Crippen LogP contribution in [-0.2, 0) is 11.3 Å². The van der Waals surface area contributed by atoms with Crippen LogP contribution >= 0.6 is 11.3 Å². The van der Waals surface area contributed by atoms with E-state index < -0.39 is 16.8 Å². The van der Waals surface area contributed by atoms with E-state index >= 15 is 0 Å². The highest BCUT2D eigenvalue weighted by Gasteiger charge is 2.19. The molecule has 1 aromatic heterocycles. The van der Waals surface area contributed by atoms with Gasteiger partial charge in [0.1, 0.15) is 5.56 Å². The van der Waals surface area contributed by atoms with E-state index in [2.05, 4.69) is 4.99 Å². The Hall–Kier alpha value is -3.33. The van der Waals surface area contributed by atoms with Crippen LogP contribution in [0.1, 0.15) is 34.6 Å². The molecule has 1 amide bonds. The van der Waals surface area contributed by atoms with Crippen molar-refractivity contribution in [2.24, 2.45) is 4.99 Å². The smallest absolute Gasteiger partial charge is 0.338 e. The van der Waals surface area contributed by atoms with Crippen LogP contribution in [0.2, 0.25) is 0 Å². The van der Waals surface area contributed by atoms with Crippen LogP contribution in [0, 0.1) is 10.1 Å². The fourth-order valence-electron chi connectivity index (χ4n) is 2.77. The fraction of sp³-hybridized carbons (Fsp3) is 0.211. The van der Waals surface area contributed by atoms with Crippen LogP contribution in [0.15, 0.2) is 47.5 Å². The second kappa shape index (κ2) is 8.13. The molecular formula is C19H17N3O5S. The van der Waals surface area contributed by atoms with E-state index in [1.165, 1.54) is 29.5 Å². The van der Waals surface area contributed by atoms with Crippen molar-refractivity contribution >= 4 is 39.1 Å². The number of thiazole rings is 1. The van der Waals surface area contributed by atoms with E-state index in [0.29, 0.717) is 16.9 Å². The molecule has 0 unspecified atom stereocenters. The van der Waals surface area contributed by atoms with E-state index in [1.807, 2.05) is 11.5 Å². The summed E-state index contributed by atoms with van der Waals surface area (Å²) in [5.74, 6) is -1.11. The van der Waals surface area contributed by atoms with Gasteiger partial charge in [0.15, 0.2) is 4.80 Å². The minimum atomic E-state index is -0.688. The number of amides is 1. The van der Waals surface area contributed by atoms with E-state index in [-0.39, 0.29) is 17.9 Å². The van der Waals surface area contributed by atoms with Crippen molar-refractivity contribution in [3.05, 3.63) is 68.5 Å². The first-order chi connectivity index (χ1) is 13.5. The van der Waals surface area contributed by atoms with E-state index in [0.717, 1.165) is 10.2 Å². The summed E-state index contributed by atoms with van der Waals surface area (Å²) in [5.41, 5.74) is 0.870. The first kappa shape index (κ1) is 19.4. The molecule has 0 aliphatic carbocycles. The zero-order chi connectivity index (χ0) is 20.3. The molecule has 0 saturated carbocycles. The molecule has 3 rings (SSSR count). The summed E-state index contributed by atoms with van der Waals surface area (Å²) in [5, 5.41) is 11.2. The average Bonchev–Trinajstić information content (AvgIpc) is 3.04. The van der Waals surface area contributed by atoms with Gasteiger partial charge < -0.3 is 9.30 Å². The third kappa shape index (κ3) is 3.70. The summed E-state index contributed by atoms with van der Waals surface area (Å²) < 4.78 is 7.60. The van der Waals surface area contributed by atoms with Crippen LogP contribution in [0.25, 0.3) is 10.2 Å². The van der Waals surface area contributed by atoms with Gasteiger partial charge in [-0.25, -0.2) is 4.79 Å². The molecule has 2 aromatic carbocycles. The lowest BCUT2D eigenvalue weighted by Crippen LogP contribution is -2.16. The lowest BCUT2D eigenvalue weighted by atomic mass is 10.2. The molecule has 0 N–H and O–H groups in total. The summed E-state index contributed by atoms with van der Waals surface area (Å²) in [7, 11) is 0. The molecule has 0 aliphatic heterocycles. The Balaban J connectivity index is 2.11. The predicted octanol–water partition coefficient (Wildman–Crippen LogP) is 3.55. The van der Waals surface area contributed by atoms with Crippen molar-refractivity contribution < 1.29 is 19.2 Å². The number of esters is 1. The zero-order valence-electron chi connectivity index (χ0n) is 15.2. The van der Waals surface area contributed by atoms with Crippen molar-refractivity contribution in [1.82, 2.24) is 4.57 Å². The summed E-state index contributed by atoms with van der Waals surface area (Å²) in [4.78, 5) is 39.6. The maximum Gasteiger partial charge on any atom is 0.338 e. The molecule has 0 spiro atoms. The Kier molecular flexibility index (Phi) is 5.65. The molecular weight excluding hydrogens is 382 g/mol. The number of rotatable bonds is 5. The number of aryl methyl sites for hydroxylation is 1. The SMILES string of the molecule is CCOC(=O)c1ccc2c(c1)sc(=NC(=O)c1ccccc1[N+](=O)[O-])n2CC. The van der Waals surface area contributed by atoms with E-state index in [1.54, 1.807) is 31.2 Å². The normalized spacial score (nSPS) is 11.6. The standard InChI is InChI=1S/C19H17N3O5S/c1-3-21-15-10-9-12(18(24)27-4-2)11-16(15)28-19(21)20-17(23)13-7-5-6-8-14(13)22(25)26/h5-11H,3-4H2,1-2H3. The molecule has 9 heteroatoms. The van der Waals surface area contributed by atoms with Gasteiger partial charge in [-0.2, -0.15) is 4.99 Å². The highest BCUT2D eigenvalue weighted by atomic mass is 32.1. The largest absolute Gasteiger partial charge is 0.462 e. The van der Waals surface area contributed by atoms with Gasteiger partial charge in [-0.05, 0) is 38.1 Å². The lowest BCUT2D eigenvalue weighted by molar-refractivity contribution is -0.385. The lowest BCUT2D eigenvalue weighted by Gasteiger charge is -2.03. The Labute approximate surface area is 163 Å². The highest BCUT2D eigenvalue weighted by Crippen LogP contribution is 2.21. The molecule has 0 bridgehead atoms. The number of benzene rings is 2. The second-order valence-electron chi connectivity index (χ2n) is 5.72. The summed E-state index contributed by atoms with van der Waals surface area (Å²) in [6.07, 6.45) is 0. The van der Waals surface area contributed by atoms with Crippen molar-refractivity contribution in [2.45, 2.75) is 20.4 Å². The van der Waals surface area contributed by atoms with E-state index in [9.17, 15) is 19.7 Å². The summed E-state index contributed by atoms with van der Waals surface area (Å²) in [6, 6.07) is 10.8. The molecule has 0 radical (unpaired) electrons. The maximum absolute atomic E-state index is 12.6. The minimum Gasteiger partial charge on any atom is -0.462 e. The number of hydrogen-bond acceptors (Lipinski definition) is 6. The number of para-hydroxylation sites is 1. The Bertz CT molecular complexity index is 1150. The number of hydrogen-bond donors (Lipinski definition) is 0. The summed E-state index contributed by atoms with van der Waals surface area (Å²) >= 11 is 1.23. The first-order valence-corrected chi connectivity index (χ1v) is 9.40. The van der Waals surface area contributed by atoms with Crippen LogP contribution in [0.4, 0.5) is 5.69 Å². The minimum absolute atomic E-state index is 0.0696. The molecule has 3 aromatic rings. The third-order valence-electron chi connectivity index (χ3n) is 4.04. The van der Waals surface area contributed by atoms with Gasteiger partial charge in [0.05, 0.1) is 27.3 Å². The first-order valence-electron chi connectivity index (χ1n) is 8.59. The summed E-state index contributed by atoms with van der Waals surface area (Å²) in [6.45, 7) is 4.46. The number of nitrogens with zero attached hydrogens (tertiary/aromatic N) is 3. The second-order valence-corrected chi connectivity index (χ2v) is 6.73. The number of carbonyl (C=O) groups is 2. The van der Waals surface area contributed by atoms with Crippen molar-refractivity contribution in [3.8, 4) is 0 Å². The number of carbonyl (C=O) groups excluding carboxylic acids is 2. The van der Waals surface area contributed by atoms with Gasteiger partial charge in [-0.3, -0.25) is 14.9 Å². The topological polar surface area (TPSA) is 104 Å². The van der Waals surface area contributed by atoms with Gasteiger partial charge in [-0.15, -0.1) is 0 Å². The molecule has 0 atom stereocenters. The number of nitro benzene ring substituents is 1. The van der Waals surface area contributed by atoms with Crippen LogP contribution < -0.4 is 4.80 Å². The van der Waals surface area contributed by atoms with Crippen LogP contribution in [0.5, 0.6) is 0 Å². The van der Waals surface area contributed by atoms with Gasteiger partial charge >= 0.3 is 5.97 Å².